The molecule has 1 fully saturated rings. The molecule has 0 saturated heterocycles. The van der Waals surface area contributed by atoms with E-state index in [9.17, 15) is 0 Å². The third-order valence-corrected chi connectivity index (χ3v) is 3.62. The molecule has 3 heteroatoms. The summed E-state index contributed by atoms with van der Waals surface area (Å²) >= 11 is 3.56. The van der Waals surface area contributed by atoms with Crippen molar-refractivity contribution in [3.63, 3.8) is 0 Å². The van der Waals surface area contributed by atoms with Crippen LogP contribution >= 0.6 is 15.9 Å². The summed E-state index contributed by atoms with van der Waals surface area (Å²) in [4.78, 5) is 4.49. The molecule has 16 heavy (non-hydrogen) atoms. The number of anilines is 1. The van der Waals surface area contributed by atoms with Gasteiger partial charge in [-0.1, -0.05) is 18.2 Å². The van der Waals surface area contributed by atoms with Crippen LogP contribution in [0, 0.1) is 6.92 Å². The van der Waals surface area contributed by atoms with Crippen LogP contribution in [0.5, 0.6) is 0 Å². The highest BCUT2D eigenvalue weighted by Gasteiger charge is 2.22. The molecule has 0 spiro atoms. The molecule has 1 aliphatic carbocycles. The van der Waals surface area contributed by atoms with E-state index in [2.05, 4.69) is 51.4 Å². The highest BCUT2D eigenvalue weighted by molar-refractivity contribution is 9.10. The van der Waals surface area contributed by atoms with E-state index in [1.165, 1.54) is 29.2 Å². The van der Waals surface area contributed by atoms with Gasteiger partial charge in [-0.05, 0) is 41.3 Å². The molecule has 0 amide bonds. The third kappa shape index (κ3) is 1.69. The average Bonchev–Trinajstić information content (AvgIpc) is 3.07. The molecule has 2 aromatic rings. The molecule has 1 aromatic carbocycles. The topological polar surface area (TPSA) is 24.9 Å². The van der Waals surface area contributed by atoms with Crippen molar-refractivity contribution in [2.75, 3.05) is 5.32 Å². The van der Waals surface area contributed by atoms with E-state index in [1.54, 1.807) is 0 Å². The summed E-state index contributed by atoms with van der Waals surface area (Å²) in [6, 6.07) is 6.99. The fraction of sp³-hybridized carbons (Fsp3) is 0.308. The van der Waals surface area contributed by atoms with Gasteiger partial charge < -0.3 is 5.32 Å². The minimum absolute atomic E-state index is 0.636. The monoisotopic (exact) mass is 276 g/mol. The molecule has 1 N–H and O–H groups in total. The molecule has 1 saturated carbocycles. The summed E-state index contributed by atoms with van der Waals surface area (Å²) in [5.41, 5.74) is 1.27. The Morgan fingerprint density at radius 1 is 1.38 bits per heavy atom. The van der Waals surface area contributed by atoms with E-state index in [-0.39, 0.29) is 0 Å². The Morgan fingerprint density at radius 3 is 2.94 bits per heavy atom. The van der Waals surface area contributed by atoms with Crippen LogP contribution in [0.15, 0.2) is 28.9 Å². The molecule has 1 heterocycles. The van der Waals surface area contributed by atoms with Gasteiger partial charge in [0.1, 0.15) is 5.82 Å². The van der Waals surface area contributed by atoms with Crippen LogP contribution in [-0.4, -0.2) is 11.0 Å². The lowest BCUT2D eigenvalue weighted by Crippen LogP contribution is -2.04. The van der Waals surface area contributed by atoms with Crippen LogP contribution in [0.25, 0.3) is 10.8 Å². The highest BCUT2D eigenvalue weighted by Crippen LogP contribution is 2.33. The SMILES string of the molecule is Cc1cccc2c(Br)cnc(NC3CC3)c12. The van der Waals surface area contributed by atoms with Crippen molar-refractivity contribution in [2.24, 2.45) is 0 Å². The lowest BCUT2D eigenvalue weighted by molar-refractivity contribution is 1.12. The number of benzene rings is 1. The Bertz CT molecular complexity index is 547. The van der Waals surface area contributed by atoms with Crippen molar-refractivity contribution < 1.29 is 0 Å². The molecule has 82 valence electrons. The second-order valence-corrected chi connectivity index (χ2v) is 5.23. The Morgan fingerprint density at radius 2 is 2.19 bits per heavy atom. The Balaban J connectivity index is 2.23. The molecule has 0 atom stereocenters. The van der Waals surface area contributed by atoms with Crippen molar-refractivity contribution in [3.8, 4) is 0 Å². The Hall–Kier alpha value is -1.09. The molecule has 2 nitrogen and oxygen atoms in total. The highest BCUT2D eigenvalue weighted by atomic mass is 79.9. The predicted octanol–water partition coefficient (Wildman–Crippen LogP) is 3.88. The van der Waals surface area contributed by atoms with E-state index >= 15 is 0 Å². The van der Waals surface area contributed by atoms with E-state index < -0.39 is 0 Å². The van der Waals surface area contributed by atoms with Crippen LogP contribution in [-0.2, 0) is 0 Å². The number of halogens is 1. The summed E-state index contributed by atoms with van der Waals surface area (Å²) in [5, 5.41) is 5.97. The molecular formula is C13H13BrN2. The fourth-order valence-corrected chi connectivity index (χ4v) is 2.40. The number of fused-ring (bicyclic) bond motifs is 1. The van der Waals surface area contributed by atoms with Gasteiger partial charge in [0.25, 0.3) is 0 Å². The van der Waals surface area contributed by atoms with E-state index in [0.29, 0.717) is 6.04 Å². The van der Waals surface area contributed by atoms with Crippen molar-refractivity contribution in [3.05, 3.63) is 34.4 Å². The number of aryl methyl sites for hydroxylation is 1. The fourth-order valence-electron chi connectivity index (χ4n) is 1.97. The molecule has 3 rings (SSSR count). The van der Waals surface area contributed by atoms with Gasteiger partial charge in [0.05, 0.1) is 0 Å². The zero-order valence-corrected chi connectivity index (χ0v) is 10.7. The molecule has 1 aliphatic rings. The summed E-state index contributed by atoms with van der Waals surface area (Å²) in [7, 11) is 0. The number of hydrogen-bond acceptors (Lipinski definition) is 2. The van der Waals surface area contributed by atoms with Gasteiger partial charge in [-0.15, -0.1) is 0 Å². The average molecular weight is 277 g/mol. The van der Waals surface area contributed by atoms with Gasteiger partial charge >= 0.3 is 0 Å². The number of nitrogens with one attached hydrogen (secondary N) is 1. The Kier molecular flexibility index (Phi) is 2.36. The molecule has 0 radical (unpaired) electrons. The van der Waals surface area contributed by atoms with E-state index in [0.717, 1.165) is 10.3 Å². The number of hydrogen-bond donors (Lipinski definition) is 1. The first kappa shape index (κ1) is 10.1. The van der Waals surface area contributed by atoms with Crippen LogP contribution in [0.3, 0.4) is 0 Å². The van der Waals surface area contributed by atoms with Crippen LogP contribution in [0.4, 0.5) is 5.82 Å². The largest absolute Gasteiger partial charge is 0.367 e. The second kappa shape index (κ2) is 3.74. The third-order valence-electron chi connectivity index (χ3n) is 2.99. The van der Waals surface area contributed by atoms with E-state index in [4.69, 9.17) is 0 Å². The van der Waals surface area contributed by atoms with Crippen LogP contribution in [0.2, 0.25) is 0 Å². The first-order valence-electron chi connectivity index (χ1n) is 5.56. The summed E-state index contributed by atoms with van der Waals surface area (Å²) in [6.07, 6.45) is 4.42. The summed E-state index contributed by atoms with van der Waals surface area (Å²) in [5.74, 6) is 1.03. The lowest BCUT2D eigenvalue weighted by Gasteiger charge is -2.11. The van der Waals surface area contributed by atoms with Gasteiger partial charge in [-0.25, -0.2) is 4.98 Å². The van der Waals surface area contributed by atoms with Crippen molar-refractivity contribution in [2.45, 2.75) is 25.8 Å². The predicted molar refractivity (Wildman–Crippen MR) is 70.8 cm³/mol. The number of rotatable bonds is 2. The number of pyridine rings is 1. The smallest absolute Gasteiger partial charge is 0.134 e. The summed E-state index contributed by atoms with van der Waals surface area (Å²) in [6.45, 7) is 2.13. The van der Waals surface area contributed by atoms with E-state index in [1.807, 2.05) is 6.20 Å². The van der Waals surface area contributed by atoms with Crippen LogP contribution < -0.4 is 5.32 Å². The normalized spacial score (nSPS) is 15.4. The van der Waals surface area contributed by atoms with Gasteiger partial charge in [-0.3, -0.25) is 0 Å². The zero-order chi connectivity index (χ0) is 11.1. The van der Waals surface area contributed by atoms with Gasteiger partial charge in [-0.2, -0.15) is 0 Å². The number of nitrogens with zero attached hydrogens (tertiary/aromatic N) is 1. The lowest BCUT2D eigenvalue weighted by atomic mass is 10.1. The quantitative estimate of drug-likeness (QED) is 0.901. The molecule has 1 aromatic heterocycles. The maximum atomic E-state index is 4.49. The maximum absolute atomic E-state index is 4.49. The van der Waals surface area contributed by atoms with Crippen molar-refractivity contribution >= 4 is 32.5 Å². The zero-order valence-electron chi connectivity index (χ0n) is 9.13. The molecular weight excluding hydrogens is 264 g/mol. The maximum Gasteiger partial charge on any atom is 0.134 e. The standard InChI is InChI=1S/C13H13BrN2/c1-8-3-2-4-10-11(14)7-15-13(12(8)10)16-9-5-6-9/h2-4,7,9H,5-6H2,1H3,(H,15,16). The first-order valence-corrected chi connectivity index (χ1v) is 6.35. The Labute approximate surface area is 103 Å². The second-order valence-electron chi connectivity index (χ2n) is 4.37. The minimum Gasteiger partial charge on any atom is -0.367 e. The first-order chi connectivity index (χ1) is 7.75. The van der Waals surface area contributed by atoms with Gasteiger partial charge in [0.2, 0.25) is 0 Å². The number of aromatic nitrogens is 1. The van der Waals surface area contributed by atoms with Crippen molar-refractivity contribution in [1.29, 1.82) is 0 Å². The molecule has 0 bridgehead atoms. The van der Waals surface area contributed by atoms with Gasteiger partial charge in [0, 0.05) is 27.5 Å². The van der Waals surface area contributed by atoms with Crippen LogP contribution in [0.1, 0.15) is 18.4 Å². The van der Waals surface area contributed by atoms with Crippen molar-refractivity contribution in [1.82, 2.24) is 4.98 Å². The van der Waals surface area contributed by atoms with Gasteiger partial charge in [0.15, 0.2) is 0 Å². The minimum atomic E-state index is 0.636. The summed E-state index contributed by atoms with van der Waals surface area (Å²) < 4.78 is 1.06. The molecule has 0 aliphatic heterocycles. The molecule has 0 unspecified atom stereocenters.